The lowest BCUT2D eigenvalue weighted by atomic mass is 10.3. The van der Waals surface area contributed by atoms with Crippen molar-refractivity contribution < 1.29 is 19.4 Å². The Balaban J connectivity index is 2.81. The normalized spacial score (nSPS) is 12.2. The summed E-state index contributed by atoms with van der Waals surface area (Å²) in [5.74, 6) is -1.09. The van der Waals surface area contributed by atoms with E-state index in [2.05, 4.69) is 4.98 Å². The summed E-state index contributed by atoms with van der Waals surface area (Å²) in [5.41, 5.74) is -0.0160. The number of halogens is 1. The van der Waals surface area contributed by atoms with E-state index in [1.807, 2.05) is 6.92 Å². The number of ether oxygens (including phenoxy) is 2. The summed E-state index contributed by atoms with van der Waals surface area (Å²) in [6, 6.07) is 2.77. The summed E-state index contributed by atoms with van der Waals surface area (Å²) in [7, 11) is 0. The van der Waals surface area contributed by atoms with Crippen molar-refractivity contribution in [1.82, 2.24) is 4.98 Å². The minimum absolute atomic E-state index is 0.0113. The van der Waals surface area contributed by atoms with Crippen molar-refractivity contribution >= 4 is 17.6 Å². The van der Waals surface area contributed by atoms with Crippen molar-refractivity contribution in [3.05, 3.63) is 22.8 Å². The van der Waals surface area contributed by atoms with Gasteiger partial charge in [0.25, 0.3) is 0 Å². The predicted molar refractivity (Wildman–Crippen MR) is 62.8 cm³/mol. The van der Waals surface area contributed by atoms with E-state index in [0.29, 0.717) is 13.2 Å². The van der Waals surface area contributed by atoms with Crippen molar-refractivity contribution in [3.63, 3.8) is 0 Å². The number of carboxylic acid groups (broad SMARTS) is 1. The van der Waals surface area contributed by atoms with Crippen LogP contribution in [0.1, 0.15) is 24.2 Å². The molecule has 0 bridgehead atoms. The van der Waals surface area contributed by atoms with E-state index in [0.717, 1.165) is 0 Å². The molecule has 94 valence electrons. The Kier molecular flexibility index (Phi) is 5.18. The van der Waals surface area contributed by atoms with Gasteiger partial charge in [0.15, 0.2) is 0 Å². The lowest BCUT2D eigenvalue weighted by molar-refractivity contribution is 0.0587. The number of carbonyl (C=O) groups is 1. The fourth-order valence-corrected chi connectivity index (χ4v) is 1.32. The van der Waals surface area contributed by atoms with Crippen LogP contribution in [0.2, 0.25) is 5.15 Å². The van der Waals surface area contributed by atoms with Crippen LogP contribution in [0.3, 0.4) is 0 Å². The average molecular weight is 260 g/mol. The third-order valence-corrected chi connectivity index (χ3v) is 2.14. The van der Waals surface area contributed by atoms with Crippen molar-refractivity contribution in [1.29, 1.82) is 0 Å². The van der Waals surface area contributed by atoms with Crippen LogP contribution >= 0.6 is 11.6 Å². The van der Waals surface area contributed by atoms with Gasteiger partial charge in [-0.2, -0.15) is 0 Å². The number of carboxylic acids is 1. The van der Waals surface area contributed by atoms with E-state index in [-0.39, 0.29) is 22.7 Å². The molecule has 0 fully saturated rings. The molecule has 0 radical (unpaired) electrons. The van der Waals surface area contributed by atoms with E-state index in [1.54, 1.807) is 6.92 Å². The number of rotatable bonds is 6. The highest BCUT2D eigenvalue weighted by Crippen LogP contribution is 2.20. The molecule has 5 nitrogen and oxygen atoms in total. The summed E-state index contributed by atoms with van der Waals surface area (Å²) in [5, 5.41) is 9.14. The van der Waals surface area contributed by atoms with Crippen molar-refractivity contribution in [2.24, 2.45) is 0 Å². The molecule has 0 saturated heterocycles. The molecule has 1 rings (SSSR count). The molecule has 0 aromatic carbocycles. The van der Waals surface area contributed by atoms with Gasteiger partial charge in [0.1, 0.15) is 16.8 Å². The van der Waals surface area contributed by atoms with Gasteiger partial charge in [-0.25, -0.2) is 9.78 Å². The molecule has 0 amide bonds. The number of hydrogen-bond acceptors (Lipinski definition) is 4. The highest BCUT2D eigenvalue weighted by Gasteiger charge is 2.16. The summed E-state index contributed by atoms with van der Waals surface area (Å²) < 4.78 is 10.6. The molecule has 0 spiro atoms. The molecule has 0 aliphatic rings. The van der Waals surface area contributed by atoms with Gasteiger partial charge in [-0.3, -0.25) is 0 Å². The van der Waals surface area contributed by atoms with Crippen LogP contribution in [0.15, 0.2) is 12.1 Å². The number of hydrogen-bond donors (Lipinski definition) is 1. The standard InChI is InChI=1S/C11H14ClNO4/c1-3-16-6-7(2)17-10-8(11(14)15)4-5-9(12)13-10/h4-5,7H,3,6H2,1-2H3,(H,14,15). The Morgan fingerprint density at radius 2 is 2.29 bits per heavy atom. The van der Waals surface area contributed by atoms with Crippen LogP contribution in [0.4, 0.5) is 0 Å². The average Bonchev–Trinajstić information content (AvgIpc) is 2.26. The van der Waals surface area contributed by atoms with Crippen molar-refractivity contribution in [2.75, 3.05) is 13.2 Å². The Morgan fingerprint density at radius 3 is 2.88 bits per heavy atom. The molecular formula is C11H14ClNO4. The number of aromatic carboxylic acids is 1. The van der Waals surface area contributed by atoms with Gasteiger partial charge in [0.05, 0.1) is 6.61 Å². The number of nitrogens with zero attached hydrogens (tertiary/aromatic N) is 1. The van der Waals surface area contributed by atoms with Crippen LogP contribution < -0.4 is 4.74 Å². The molecule has 0 aliphatic carbocycles. The van der Waals surface area contributed by atoms with Gasteiger partial charge in [-0.1, -0.05) is 11.6 Å². The number of aromatic nitrogens is 1. The van der Waals surface area contributed by atoms with Gasteiger partial charge >= 0.3 is 5.97 Å². The van der Waals surface area contributed by atoms with Crippen LogP contribution in [0.25, 0.3) is 0 Å². The molecule has 0 aliphatic heterocycles. The highest BCUT2D eigenvalue weighted by molar-refractivity contribution is 6.29. The zero-order chi connectivity index (χ0) is 12.8. The Morgan fingerprint density at radius 1 is 1.59 bits per heavy atom. The summed E-state index contributed by atoms with van der Waals surface area (Å²) in [6.07, 6.45) is -0.293. The van der Waals surface area contributed by atoms with Gasteiger partial charge < -0.3 is 14.6 Å². The molecule has 1 heterocycles. The zero-order valence-electron chi connectivity index (χ0n) is 9.64. The van der Waals surface area contributed by atoms with Crippen LogP contribution in [0, 0.1) is 0 Å². The van der Waals surface area contributed by atoms with E-state index < -0.39 is 5.97 Å². The SMILES string of the molecule is CCOCC(C)Oc1nc(Cl)ccc1C(=O)O. The second-order valence-corrected chi connectivity index (χ2v) is 3.77. The first-order valence-corrected chi connectivity index (χ1v) is 5.56. The lowest BCUT2D eigenvalue weighted by Crippen LogP contribution is -2.21. The summed E-state index contributed by atoms with van der Waals surface area (Å²) >= 11 is 5.69. The predicted octanol–water partition coefficient (Wildman–Crippen LogP) is 2.24. The second-order valence-electron chi connectivity index (χ2n) is 3.38. The van der Waals surface area contributed by atoms with Gasteiger partial charge in [-0.05, 0) is 26.0 Å². The molecule has 17 heavy (non-hydrogen) atoms. The van der Waals surface area contributed by atoms with Gasteiger partial charge in [-0.15, -0.1) is 0 Å². The Bertz CT molecular complexity index is 397. The summed E-state index contributed by atoms with van der Waals surface area (Å²) in [6.45, 7) is 4.57. The Hall–Kier alpha value is -1.33. The fourth-order valence-electron chi connectivity index (χ4n) is 1.18. The largest absolute Gasteiger partial charge is 0.477 e. The minimum atomic E-state index is -1.10. The highest BCUT2D eigenvalue weighted by atomic mass is 35.5. The number of pyridine rings is 1. The van der Waals surface area contributed by atoms with E-state index in [4.69, 9.17) is 26.2 Å². The van der Waals surface area contributed by atoms with Crippen molar-refractivity contribution in [2.45, 2.75) is 20.0 Å². The topological polar surface area (TPSA) is 68.7 Å². The van der Waals surface area contributed by atoms with E-state index in [9.17, 15) is 4.79 Å². The maximum Gasteiger partial charge on any atom is 0.341 e. The fraction of sp³-hybridized carbons (Fsp3) is 0.455. The third-order valence-electron chi connectivity index (χ3n) is 1.93. The zero-order valence-corrected chi connectivity index (χ0v) is 10.4. The summed E-state index contributed by atoms with van der Waals surface area (Å²) in [4.78, 5) is 14.8. The van der Waals surface area contributed by atoms with Crippen LogP contribution in [-0.4, -0.2) is 35.4 Å². The Labute approximate surface area is 104 Å². The van der Waals surface area contributed by atoms with Gasteiger partial charge in [0, 0.05) is 6.61 Å². The monoisotopic (exact) mass is 259 g/mol. The van der Waals surface area contributed by atoms with E-state index in [1.165, 1.54) is 12.1 Å². The van der Waals surface area contributed by atoms with Crippen LogP contribution in [0.5, 0.6) is 5.88 Å². The van der Waals surface area contributed by atoms with Crippen molar-refractivity contribution in [3.8, 4) is 5.88 Å². The quantitative estimate of drug-likeness (QED) is 0.794. The lowest BCUT2D eigenvalue weighted by Gasteiger charge is -2.15. The molecule has 1 N–H and O–H groups in total. The first-order chi connectivity index (χ1) is 8.04. The maximum absolute atomic E-state index is 10.9. The molecule has 1 aromatic rings. The molecule has 0 saturated carbocycles. The van der Waals surface area contributed by atoms with Crippen LogP contribution in [-0.2, 0) is 4.74 Å². The van der Waals surface area contributed by atoms with Gasteiger partial charge in [0.2, 0.25) is 5.88 Å². The first-order valence-electron chi connectivity index (χ1n) is 5.18. The molecule has 1 aromatic heterocycles. The molecule has 6 heteroatoms. The second kappa shape index (κ2) is 6.42. The smallest absolute Gasteiger partial charge is 0.341 e. The molecule has 1 atom stereocenters. The molecular weight excluding hydrogens is 246 g/mol. The maximum atomic E-state index is 10.9. The molecule has 1 unspecified atom stereocenters. The first kappa shape index (κ1) is 13.7. The minimum Gasteiger partial charge on any atom is -0.477 e. The van der Waals surface area contributed by atoms with E-state index >= 15 is 0 Å². The third kappa shape index (κ3) is 4.20.